The van der Waals surface area contributed by atoms with Crippen molar-refractivity contribution in [3.05, 3.63) is 66.1 Å². The van der Waals surface area contributed by atoms with E-state index in [4.69, 9.17) is 0 Å². The number of H-pyrrole nitrogens is 1. The molecule has 3 aromatic rings. The van der Waals surface area contributed by atoms with Crippen LogP contribution in [0.3, 0.4) is 0 Å². The number of nitrogens with zero attached hydrogens (tertiary/aromatic N) is 2. The van der Waals surface area contributed by atoms with E-state index in [9.17, 15) is 17.6 Å². The van der Waals surface area contributed by atoms with Gasteiger partial charge in [0.2, 0.25) is 15.9 Å². The first-order chi connectivity index (χ1) is 15.4. The quantitative estimate of drug-likeness (QED) is 0.649. The zero-order chi connectivity index (χ0) is 22.3. The average Bonchev–Trinajstić information content (AvgIpc) is 3.47. The van der Waals surface area contributed by atoms with Crippen LogP contribution in [0.25, 0.3) is 10.9 Å². The minimum absolute atomic E-state index is 0.0247. The standard InChI is InChI=1S/C24H26FN3O3S/c25-18-7-9-19(10-8-18)32(30,31)28-13-3-6-23(28)24(29)27-14-11-17(12-15-27)21-16-26-22-5-2-1-4-20(21)22/h1-2,4-5,7-10,16-17,23,26H,3,6,11-15H2. The molecule has 1 aromatic heterocycles. The number of sulfonamides is 1. The second-order valence-corrected chi connectivity index (χ2v) is 10.5. The van der Waals surface area contributed by atoms with Gasteiger partial charge >= 0.3 is 0 Å². The Kier molecular flexibility index (Phi) is 5.51. The van der Waals surface area contributed by atoms with E-state index < -0.39 is 21.9 Å². The van der Waals surface area contributed by atoms with Gasteiger partial charge in [-0.3, -0.25) is 4.79 Å². The normalized spacial score (nSPS) is 20.8. The molecule has 1 unspecified atom stereocenters. The van der Waals surface area contributed by atoms with Crippen LogP contribution in [0.2, 0.25) is 0 Å². The van der Waals surface area contributed by atoms with Crippen LogP contribution < -0.4 is 0 Å². The highest BCUT2D eigenvalue weighted by atomic mass is 32.2. The molecule has 2 fully saturated rings. The number of aromatic amines is 1. The third-order valence-corrected chi connectivity index (χ3v) is 8.70. The molecule has 0 spiro atoms. The lowest BCUT2D eigenvalue weighted by molar-refractivity contribution is -0.135. The Balaban J connectivity index is 1.29. The molecule has 3 heterocycles. The van der Waals surface area contributed by atoms with Crippen LogP contribution in [0.15, 0.2) is 59.6 Å². The van der Waals surface area contributed by atoms with Gasteiger partial charge in [-0.2, -0.15) is 4.31 Å². The van der Waals surface area contributed by atoms with Gasteiger partial charge in [0.15, 0.2) is 0 Å². The molecule has 0 radical (unpaired) electrons. The summed E-state index contributed by atoms with van der Waals surface area (Å²) in [5.41, 5.74) is 2.41. The first kappa shape index (κ1) is 21.2. The van der Waals surface area contributed by atoms with Crippen molar-refractivity contribution in [2.24, 2.45) is 0 Å². The van der Waals surface area contributed by atoms with Gasteiger partial charge in [0.25, 0.3) is 0 Å². The summed E-state index contributed by atoms with van der Waals surface area (Å²) in [6.07, 6.45) is 4.93. The third-order valence-electron chi connectivity index (χ3n) is 6.78. The van der Waals surface area contributed by atoms with Gasteiger partial charge in [-0.05, 0) is 67.5 Å². The number of hydrogen-bond acceptors (Lipinski definition) is 3. The van der Waals surface area contributed by atoms with Gasteiger partial charge in [0.05, 0.1) is 4.90 Å². The topological polar surface area (TPSA) is 73.5 Å². The summed E-state index contributed by atoms with van der Waals surface area (Å²) >= 11 is 0. The van der Waals surface area contributed by atoms with Crippen LogP contribution in [-0.2, 0) is 14.8 Å². The largest absolute Gasteiger partial charge is 0.361 e. The Morgan fingerprint density at radius 1 is 0.969 bits per heavy atom. The van der Waals surface area contributed by atoms with Gasteiger partial charge in [-0.15, -0.1) is 0 Å². The van der Waals surface area contributed by atoms with Crippen molar-refractivity contribution in [2.45, 2.75) is 42.5 Å². The van der Waals surface area contributed by atoms with Crippen molar-refractivity contribution in [3.63, 3.8) is 0 Å². The van der Waals surface area contributed by atoms with Crippen molar-refractivity contribution >= 4 is 26.8 Å². The number of aromatic nitrogens is 1. The Morgan fingerprint density at radius 3 is 2.44 bits per heavy atom. The van der Waals surface area contributed by atoms with Crippen LogP contribution in [0.4, 0.5) is 4.39 Å². The van der Waals surface area contributed by atoms with Crippen LogP contribution in [0.5, 0.6) is 0 Å². The maximum Gasteiger partial charge on any atom is 0.243 e. The number of benzene rings is 2. The van der Waals surface area contributed by atoms with Crippen molar-refractivity contribution in [1.82, 2.24) is 14.2 Å². The summed E-state index contributed by atoms with van der Waals surface area (Å²) < 4.78 is 40.8. The molecule has 0 saturated carbocycles. The highest BCUT2D eigenvalue weighted by Gasteiger charge is 2.41. The van der Waals surface area contributed by atoms with Crippen molar-refractivity contribution < 1.29 is 17.6 Å². The monoisotopic (exact) mass is 455 g/mol. The van der Waals surface area contributed by atoms with Crippen molar-refractivity contribution in [1.29, 1.82) is 0 Å². The molecule has 5 rings (SSSR count). The zero-order valence-corrected chi connectivity index (χ0v) is 18.5. The van der Waals surface area contributed by atoms with Gasteiger partial charge in [0, 0.05) is 36.7 Å². The Hall–Kier alpha value is -2.71. The van der Waals surface area contributed by atoms with Crippen LogP contribution in [0, 0.1) is 5.82 Å². The predicted octanol–water partition coefficient (Wildman–Crippen LogP) is 3.87. The van der Waals surface area contributed by atoms with E-state index in [0.717, 1.165) is 30.5 Å². The zero-order valence-electron chi connectivity index (χ0n) is 17.7. The Morgan fingerprint density at radius 2 is 1.69 bits per heavy atom. The lowest BCUT2D eigenvalue weighted by Crippen LogP contribution is -2.49. The first-order valence-electron chi connectivity index (χ1n) is 11.1. The van der Waals surface area contributed by atoms with Crippen LogP contribution in [0.1, 0.15) is 37.2 Å². The molecular weight excluding hydrogens is 429 g/mol. The maximum absolute atomic E-state index is 13.3. The number of amides is 1. The number of rotatable bonds is 4. The number of likely N-dealkylation sites (tertiary alicyclic amines) is 1. The van der Waals surface area contributed by atoms with Crippen molar-refractivity contribution in [3.8, 4) is 0 Å². The number of fused-ring (bicyclic) bond motifs is 1. The SMILES string of the molecule is O=C(C1CCCN1S(=O)(=O)c1ccc(F)cc1)N1CCC(c2c[nH]c3ccccc23)CC1. The van der Waals surface area contributed by atoms with Gasteiger partial charge in [-0.25, -0.2) is 12.8 Å². The summed E-state index contributed by atoms with van der Waals surface area (Å²) in [6.45, 7) is 1.54. The van der Waals surface area contributed by atoms with Gasteiger partial charge in [-0.1, -0.05) is 18.2 Å². The fourth-order valence-corrected chi connectivity index (χ4v) is 6.72. The molecule has 32 heavy (non-hydrogen) atoms. The molecule has 1 amide bonds. The molecule has 1 atom stereocenters. The number of hydrogen-bond donors (Lipinski definition) is 1. The molecule has 1 N–H and O–H groups in total. The Labute approximate surface area is 187 Å². The second-order valence-electron chi connectivity index (χ2n) is 8.62. The second kappa shape index (κ2) is 8.33. The van der Waals surface area contributed by atoms with Crippen molar-refractivity contribution in [2.75, 3.05) is 19.6 Å². The summed E-state index contributed by atoms with van der Waals surface area (Å²) in [7, 11) is -3.84. The van der Waals surface area contributed by atoms with E-state index in [0.29, 0.717) is 38.4 Å². The van der Waals surface area contributed by atoms with Crippen LogP contribution >= 0.6 is 0 Å². The molecule has 168 valence electrons. The van der Waals surface area contributed by atoms with E-state index in [1.165, 1.54) is 27.4 Å². The molecule has 8 heteroatoms. The average molecular weight is 456 g/mol. The van der Waals surface area contributed by atoms with E-state index in [2.05, 4.69) is 23.3 Å². The molecule has 6 nitrogen and oxygen atoms in total. The smallest absolute Gasteiger partial charge is 0.243 e. The maximum atomic E-state index is 13.3. The third kappa shape index (κ3) is 3.71. The summed E-state index contributed by atoms with van der Waals surface area (Å²) in [4.78, 5) is 18.5. The summed E-state index contributed by atoms with van der Waals surface area (Å²) in [5.74, 6) is -0.237. The summed E-state index contributed by atoms with van der Waals surface area (Å²) in [5, 5.41) is 1.23. The lowest BCUT2D eigenvalue weighted by atomic mass is 9.89. The number of carbonyl (C=O) groups is 1. The highest BCUT2D eigenvalue weighted by molar-refractivity contribution is 7.89. The molecule has 2 aliphatic heterocycles. The van der Waals surface area contributed by atoms with E-state index >= 15 is 0 Å². The minimum atomic E-state index is -3.84. The van der Waals surface area contributed by atoms with Crippen LogP contribution in [-0.4, -0.2) is 54.2 Å². The number of para-hydroxylation sites is 1. The van der Waals surface area contributed by atoms with E-state index in [1.54, 1.807) is 0 Å². The van der Waals surface area contributed by atoms with Gasteiger partial charge < -0.3 is 9.88 Å². The number of carbonyl (C=O) groups excluding carboxylic acids is 1. The molecular formula is C24H26FN3O3S. The molecule has 0 aliphatic carbocycles. The minimum Gasteiger partial charge on any atom is -0.361 e. The number of halogens is 1. The molecule has 0 bridgehead atoms. The fraction of sp³-hybridized carbons (Fsp3) is 0.375. The van der Waals surface area contributed by atoms with E-state index in [-0.39, 0.29) is 10.8 Å². The molecule has 2 aliphatic rings. The Bertz CT molecular complexity index is 1230. The fourth-order valence-electron chi connectivity index (χ4n) is 5.07. The first-order valence-corrected chi connectivity index (χ1v) is 12.5. The summed E-state index contributed by atoms with van der Waals surface area (Å²) in [6, 6.07) is 12.3. The van der Waals surface area contributed by atoms with E-state index in [1.807, 2.05) is 17.0 Å². The number of piperidine rings is 1. The van der Waals surface area contributed by atoms with Gasteiger partial charge in [0.1, 0.15) is 11.9 Å². The molecule has 2 saturated heterocycles. The predicted molar refractivity (Wildman–Crippen MR) is 120 cm³/mol. The lowest BCUT2D eigenvalue weighted by Gasteiger charge is -2.35. The highest BCUT2D eigenvalue weighted by Crippen LogP contribution is 2.34. The number of nitrogens with one attached hydrogen (secondary N) is 1. The molecule has 2 aromatic carbocycles.